The molecule has 2 aliphatic rings. The monoisotopic (exact) mass is 210 g/mol. The van der Waals surface area contributed by atoms with E-state index in [0.717, 1.165) is 25.6 Å². The molecule has 15 heavy (non-hydrogen) atoms. The largest absolute Gasteiger partial charge is 0.356 e. The molecule has 0 aromatic rings. The highest BCUT2D eigenvalue weighted by Gasteiger charge is 2.28. The van der Waals surface area contributed by atoms with E-state index in [1.54, 1.807) is 0 Å². The van der Waals surface area contributed by atoms with Gasteiger partial charge in [-0.2, -0.15) is 0 Å². The number of nitrogens with one attached hydrogen (secondary N) is 2. The molecule has 0 aromatic heterocycles. The zero-order valence-electron chi connectivity index (χ0n) is 9.59. The second-order valence-electron chi connectivity index (χ2n) is 5.08. The predicted octanol–water partition coefficient (Wildman–Crippen LogP) is 1.15. The molecular formula is C12H22N2O. The van der Waals surface area contributed by atoms with Crippen molar-refractivity contribution in [1.29, 1.82) is 0 Å². The van der Waals surface area contributed by atoms with Gasteiger partial charge < -0.3 is 10.6 Å². The van der Waals surface area contributed by atoms with Crippen molar-refractivity contribution < 1.29 is 4.79 Å². The Morgan fingerprint density at radius 1 is 1.47 bits per heavy atom. The van der Waals surface area contributed by atoms with Crippen molar-refractivity contribution in [3.05, 3.63) is 0 Å². The molecule has 3 heteroatoms. The van der Waals surface area contributed by atoms with Crippen molar-refractivity contribution in [3.63, 3.8) is 0 Å². The van der Waals surface area contributed by atoms with Gasteiger partial charge in [-0.1, -0.05) is 26.2 Å². The first-order chi connectivity index (χ1) is 7.27. The molecular weight excluding hydrogens is 188 g/mol. The number of hydrogen-bond donors (Lipinski definition) is 2. The molecule has 1 unspecified atom stereocenters. The Morgan fingerprint density at radius 3 is 2.67 bits per heavy atom. The lowest BCUT2D eigenvalue weighted by molar-refractivity contribution is -0.126. The van der Waals surface area contributed by atoms with Gasteiger partial charge in [0.05, 0.1) is 0 Å². The quantitative estimate of drug-likeness (QED) is 0.714. The molecule has 1 aliphatic carbocycles. The lowest BCUT2D eigenvalue weighted by Crippen LogP contribution is -2.49. The molecule has 86 valence electrons. The Morgan fingerprint density at radius 2 is 2.20 bits per heavy atom. The molecule has 1 amide bonds. The summed E-state index contributed by atoms with van der Waals surface area (Å²) >= 11 is 0. The minimum absolute atomic E-state index is 0.188. The predicted molar refractivity (Wildman–Crippen MR) is 60.5 cm³/mol. The summed E-state index contributed by atoms with van der Waals surface area (Å²) in [5, 5.41) is 6.27. The van der Waals surface area contributed by atoms with Gasteiger partial charge in [-0.05, 0) is 31.3 Å². The maximum absolute atomic E-state index is 11.7. The Kier molecular flexibility index (Phi) is 3.62. The van der Waals surface area contributed by atoms with Crippen molar-refractivity contribution in [1.82, 2.24) is 10.6 Å². The molecule has 0 aromatic carbocycles. The van der Waals surface area contributed by atoms with E-state index in [4.69, 9.17) is 0 Å². The summed E-state index contributed by atoms with van der Waals surface area (Å²) in [7, 11) is 0. The van der Waals surface area contributed by atoms with Crippen LogP contribution >= 0.6 is 0 Å². The minimum Gasteiger partial charge on any atom is -0.356 e. The molecule has 3 nitrogen and oxygen atoms in total. The third-order valence-corrected chi connectivity index (χ3v) is 4.01. The van der Waals surface area contributed by atoms with Gasteiger partial charge in [0.15, 0.2) is 0 Å². The summed E-state index contributed by atoms with van der Waals surface area (Å²) in [6.07, 6.45) is 5.32. The van der Waals surface area contributed by atoms with Gasteiger partial charge in [-0.25, -0.2) is 0 Å². The Hall–Kier alpha value is -0.570. The van der Waals surface area contributed by atoms with Gasteiger partial charge in [-0.3, -0.25) is 4.79 Å². The Labute approximate surface area is 92.0 Å². The molecule has 0 bridgehead atoms. The van der Waals surface area contributed by atoms with Gasteiger partial charge in [0.2, 0.25) is 5.91 Å². The first kappa shape index (κ1) is 10.9. The second kappa shape index (κ2) is 4.97. The zero-order valence-corrected chi connectivity index (χ0v) is 9.59. The molecule has 1 aliphatic heterocycles. The van der Waals surface area contributed by atoms with Crippen LogP contribution in [0.5, 0.6) is 0 Å². The standard InChI is InChI=1S/C12H22N2O/c1-9(11-7-13-8-11)12(15)14-6-5-10-3-2-4-10/h9-11,13H,2-8H2,1H3,(H,14,15). The van der Waals surface area contributed by atoms with E-state index in [-0.39, 0.29) is 11.8 Å². The van der Waals surface area contributed by atoms with E-state index in [1.165, 1.54) is 25.7 Å². The van der Waals surface area contributed by atoms with E-state index < -0.39 is 0 Å². The van der Waals surface area contributed by atoms with E-state index in [1.807, 2.05) is 6.92 Å². The number of amides is 1. The minimum atomic E-state index is 0.188. The molecule has 1 atom stereocenters. The number of hydrogen-bond acceptors (Lipinski definition) is 2. The van der Waals surface area contributed by atoms with Crippen LogP contribution in [0.2, 0.25) is 0 Å². The summed E-state index contributed by atoms with van der Waals surface area (Å²) in [4.78, 5) is 11.7. The summed E-state index contributed by atoms with van der Waals surface area (Å²) in [6.45, 7) is 4.95. The van der Waals surface area contributed by atoms with Gasteiger partial charge >= 0.3 is 0 Å². The van der Waals surface area contributed by atoms with Gasteiger partial charge in [0, 0.05) is 12.5 Å². The number of rotatable bonds is 5. The van der Waals surface area contributed by atoms with Crippen molar-refractivity contribution in [2.75, 3.05) is 19.6 Å². The third kappa shape index (κ3) is 2.71. The highest BCUT2D eigenvalue weighted by molar-refractivity contribution is 5.78. The van der Waals surface area contributed by atoms with Crippen molar-refractivity contribution in [2.24, 2.45) is 17.8 Å². The third-order valence-electron chi connectivity index (χ3n) is 4.01. The van der Waals surface area contributed by atoms with Crippen LogP contribution < -0.4 is 10.6 Å². The maximum atomic E-state index is 11.7. The normalized spacial score (nSPS) is 24.1. The van der Waals surface area contributed by atoms with Crippen LogP contribution in [0, 0.1) is 17.8 Å². The lowest BCUT2D eigenvalue weighted by atomic mass is 9.83. The van der Waals surface area contributed by atoms with Crippen molar-refractivity contribution in [3.8, 4) is 0 Å². The fourth-order valence-electron chi connectivity index (χ4n) is 2.22. The van der Waals surface area contributed by atoms with Gasteiger partial charge in [-0.15, -0.1) is 0 Å². The average molecular weight is 210 g/mol. The summed E-state index contributed by atoms with van der Waals surface area (Å²) in [5.74, 6) is 1.90. The molecule has 2 rings (SSSR count). The van der Waals surface area contributed by atoms with Gasteiger partial charge in [0.25, 0.3) is 0 Å². The van der Waals surface area contributed by atoms with Crippen LogP contribution in [0.1, 0.15) is 32.6 Å². The Bertz CT molecular complexity index is 222. The molecule has 0 spiro atoms. The van der Waals surface area contributed by atoms with Crippen LogP contribution in [0.15, 0.2) is 0 Å². The van der Waals surface area contributed by atoms with Crippen LogP contribution in [0.4, 0.5) is 0 Å². The van der Waals surface area contributed by atoms with E-state index in [0.29, 0.717) is 5.92 Å². The van der Waals surface area contributed by atoms with Crippen molar-refractivity contribution >= 4 is 5.91 Å². The highest BCUT2D eigenvalue weighted by atomic mass is 16.1. The topological polar surface area (TPSA) is 41.1 Å². The fraction of sp³-hybridized carbons (Fsp3) is 0.917. The average Bonchev–Trinajstić information content (AvgIpc) is 2.05. The van der Waals surface area contributed by atoms with Crippen molar-refractivity contribution in [2.45, 2.75) is 32.6 Å². The number of carbonyl (C=O) groups excluding carboxylic acids is 1. The number of carbonyl (C=O) groups is 1. The highest BCUT2D eigenvalue weighted by Crippen LogP contribution is 2.28. The van der Waals surface area contributed by atoms with Gasteiger partial charge in [0.1, 0.15) is 0 Å². The first-order valence-electron chi connectivity index (χ1n) is 6.26. The summed E-state index contributed by atoms with van der Waals surface area (Å²) in [6, 6.07) is 0. The molecule has 1 heterocycles. The van der Waals surface area contributed by atoms with E-state index in [9.17, 15) is 4.79 Å². The molecule has 2 fully saturated rings. The molecule has 0 radical (unpaired) electrons. The zero-order chi connectivity index (χ0) is 10.7. The summed E-state index contributed by atoms with van der Waals surface area (Å²) < 4.78 is 0. The molecule has 1 saturated carbocycles. The summed E-state index contributed by atoms with van der Waals surface area (Å²) in [5.41, 5.74) is 0. The van der Waals surface area contributed by atoms with Crippen LogP contribution in [-0.4, -0.2) is 25.5 Å². The van der Waals surface area contributed by atoms with Crippen LogP contribution in [0.3, 0.4) is 0 Å². The van der Waals surface area contributed by atoms with Crippen LogP contribution in [0.25, 0.3) is 0 Å². The van der Waals surface area contributed by atoms with E-state index in [2.05, 4.69) is 10.6 Å². The van der Waals surface area contributed by atoms with E-state index >= 15 is 0 Å². The molecule has 1 saturated heterocycles. The second-order valence-corrected chi connectivity index (χ2v) is 5.08. The SMILES string of the molecule is CC(C(=O)NCCC1CCC1)C1CNC1. The molecule has 2 N–H and O–H groups in total. The first-order valence-corrected chi connectivity index (χ1v) is 6.26. The van der Waals surface area contributed by atoms with Crippen LogP contribution in [-0.2, 0) is 4.79 Å². The Balaban J connectivity index is 1.58. The lowest BCUT2D eigenvalue weighted by Gasteiger charge is -2.32. The fourth-order valence-corrected chi connectivity index (χ4v) is 2.22. The smallest absolute Gasteiger partial charge is 0.223 e. The maximum Gasteiger partial charge on any atom is 0.223 e.